The zero-order valence-corrected chi connectivity index (χ0v) is 18.1. The summed E-state index contributed by atoms with van der Waals surface area (Å²) in [6.45, 7) is 2.75. The summed E-state index contributed by atoms with van der Waals surface area (Å²) in [5, 5.41) is 4.63. The Morgan fingerprint density at radius 2 is 2.03 bits per heavy atom. The van der Waals surface area contributed by atoms with Gasteiger partial charge in [-0.2, -0.15) is 5.10 Å². The molecule has 2 aromatic heterocycles. The maximum absolute atomic E-state index is 14.4. The molecule has 4 aromatic rings. The summed E-state index contributed by atoms with van der Waals surface area (Å²) in [5.74, 6) is 1.94. The fraction of sp³-hybridized carbons (Fsp3) is 0.240. The molecule has 32 heavy (non-hydrogen) atoms. The third kappa shape index (κ3) is 3.82. The first kappa shape index (κ1) is 20.2. The summed E-state index contributed by atoms with van der Waals surface area (Å²) < 4.78 is 23.8. The van der Waals surface area contributed by atoms with Gasteiger partial charge in [0.25, 0.3) is 0 Å². The molecule has 162 valence electrons. The van der Waals surface area contributed by atoms with Crippen molar-refractivity contribution in [3.8, 4) is 11.4 Å². The van der Waals surface area contributed by atoms with Crippen LogP contribution in [0.3, 0.4) is 0 Å². The minimum atomic E-state index is -0.189. The maximum atomic E-state index is 14.4. The Hall–Kier alpha value is -3.74. The van der Waals surface area contributed by atoms with Crippen molar-refractivity contribution in [2.45, 2.75) is 32.2 Å². The minimum Gasteiger partial charge on any atom is -0.495 e. The van der Waals surface area contributed by atoms with E-state index in [1.807, 2.05) is 64.9 Å². The Morgan fingerprint density at radius 1 is 1.16 bits per heavy atom. The Morgan fingerprint density at radius 3 is 2.81 bits per heavy atom. The zero-order chi connectivity index (χ0) is 22.1. The van der Waals surface area contributed by atoms with Crippen molar-refractivity contribution in [2.24, 2.45) is 0 Å². The number of methoxy groups -OCH3 is 1. The third-order valence-corrected chi connectivity index (χ3v) is 5.79. The van der Waals surface area contributed by atoms with Crippen LogP contribution in [0.1, 0.15) is 47.2 Å². The second kappa shape index (κ2) is 8.42. The monoisotopic (exact) mass is 429 g/mol. The summed E-state index contributed by atoms with van der Waals surface area (Å²) in [4.78, 5) is 9.01. The SMILES string of the molecule is COc1cc(C=Cc2nc3n(n2)CCCC3c2ccccc2F)ccc1-n1cnc(C)c1. The first-order chi connectivity index (χ1) is 15.6. The van der Waals surface area contributed by atoms with E-state index in [0.717, 1.165) is 47.9 Å². The average molecular weight is 429 g/mol. The molecular formula is C25H24FN5O. The van der Waals surface area contributed by atoms with Crippen LogP contribution in [0, 0.1) is 12.7 Å². The van der Waals surface area contributed by atoms with Gasteiger partial charge in [0.15, 0.2) is 5.82 Å². The van der Waals surface area contributed by atoms with Crippen molar-refractivity contribution < 1.29 is 9.13 Å². The van der Waals surface area contributed by atoms with Crippen molar-refractivity contribution in [1.82, 2.24) is 24.3 Å². The summed E-state index contributed by atoms with van der Waals surface area (Å²) in [5.41, 5.74) is 3.53. The van der Waals surface area contributed by atoms with Crippen molar-refractivity contribution in [1.29, 1.82) is 0 Å². The largest absolute Gasteiger partial charge is 0.495 e. The van der Waals surface area contributed by atoms with Crippen LogP contribution >= 0.6 is 0 Å². The van der Waals surface area contributed by atoms with E-state index >= 15 is 0 Å². The van der Waals surface area contributed by atoms with Gasteiger partial charge >= 0.3 is 0 Å². The highest BCUT2D eigenvalue weighted by atomic mass is 19.1. The summed E-state index contributed by atoms with van der Waals surface area (Å²) in [6, 6.07) is 12.9. The number of hydrogen-bond acceptors (Lipinski definition) is 4. The summed E-state index contributed by atoms with van der Waals surface area (Å²) in [7, 11) is 1.66. The van der Waals surface area contributed by atoms with Gasteiger partial charge in [0.2, 0.25) is 0 Å². The molecule has 3 heterocycles. The molecule has 0 spiro atoms. The lowest BCUT2D eigenvalue weighted by Gasteiger charge is -2.22. The second-order valence-corrected chi connectivity index (χ2v) is 7.95. The van der Waals surface area contributed by atoms with Crippen LogP contribution < -0.4 is 4.74 Å². The van der Waals surface area contributed by atoms with Crippen LogP contribution in [0.5, 0.6) is 5.75 Å². The molecule has 5 rings (SSSR count). The minimum absolute atomic E-state index is 0.0717. The Kier molecular flexibility index (Phi) is 5.31. The van der Waals surface area contributed by atoms with Crippen LogP contribution in [0.2, 0.25) is 0 Å². The highest BCUT2D eigenvalue weighted by molar-refractivity contribution is 5.69. The number of ether oxygens (including phenoxy) is 1. The summed E-state index contributed by atoms with van der Waals surface area (Å²) in [6.07, 6.45) is 9.40. The maximum Gasteiger partial charge on any atom is 0.174 e. The fourth-order valence-electron chi connectivity index (χ4n) is 4.23. The standard InChI is InChI=1S/C25H24FN5O/c1-17-15-30(16-27-17)22-11-9-18(14-23(22)32-2)10-12-24-28-25-20(7-5-13-31(25)29-24)19-6-3-4-8-21(19)26/h3-4,6,8-12,14-16,20H,5,7,13H2,1-2H3. The molecule has 0 N–H and O–H groups in total. The van der Waals surface area contributed by atoms with E-state index in [9.17, 15) is 4.39 Å². The number of benzene rings is 2. The smallest absolute Gasteiger partial charge is 0.174 e. The topological polar surface area (TPSA) is 57.8 Å². The van der Waals surface area contributed by atoms with E-state index in [4.69, 9.17) is 9.72 Å². The number of halogens is 1. The highest BCUT2D eigenvalue weighted by Crippen LogP contribution is 2.33. The van der Waals surface area contributed by atoms with E-state index in [-0.39, 0.29) is 11.7 Å². The van der Waals surface area contributed by atoms with E-state index < -0.39 is 0 Å². The molecule has 1 aliphatic heterocycles. The quantitative estimate of drug-likeness (QED) is 0.447. The van der Waals surface area contributed by atoms with E-state index in [1.54, 1.807) is 19.5 Å². The van der Waals surface area contributed by atoms with Crippen molar-refractivity contribution in [3.63, 3.8) is 0 Å². The van der Waals surface area contributed by atoms with Gasteiger partial charge in [0, 0.05) is 18.7 Å². The number of aromatic nitrogens is 5. The Labute approximate surface area is 186 Å². The van der Waals surface area contributed by atoms with E-state index in [2.05, 4.69) is 10.1 Å². The molecule has 6 nitrogen and oxygen atoms in total. The molecule has 0 saturated carbocycles. The van der Waals surface area contributed by atoms with Crippen molar-refractivity contribution >= 4 is 12.2 Å². The van der Waals surface area contributed by atoms with Crippen LogP contribution in [-0.4, -0.2) is 31.4 Å². The van der Waals surface area contributed by atoms with E-state index in [1.165, 1.54) is 6.07 Å². The number of hydrogen-bond donors (Lipinski definition) is 0. The van der Waals surface area contributed by atoms with Gasteiger partial charge in [-0.25, -0.2) is 19.0 Å². The van der Waals surface area contributed by atoms with Crippen LogP contribution in [0.25, 0.3) is 17.8 Å². The predicted octanol–water partition coefficient (Wildman–Crippen LogP) is 5.02. The predicted molar refractivity (Wildman–Crippen MR) is 121 cm³/mol. The molecule has 0 saturated heterocycles. The molecule has 0 aliphatic carbocycles. The zero-order valence-electron chi connectivity index (χ0n) is 18.1. The van der Waals surface area contributed by atoms with Gasteiger partial charge in [-0.15, -0.1) is 0 Å². The van der Waals surface area contributed by atoms with Gasteiger partial charge in [0.1, 0.15) is 17.4 Å². The first-order valence-electron chi connectivity index (χ1n) is 10.7. The molecule has 0 bridgehead atoms. The molecule has 0 amide bonds. The normalized spacial score (nSPS) is 15.8. The molecule has 0 fully saturated rings. The van der Waals surface area contributed by atoms with Gasteiger partial charge < -0.3 is 9.30 Å². The van der Waals surface area contributed by atoms with Gasteiger partial charge in [-0.1, -0.05) is 30.3 Å². The van der Waals surface area contributed by atoms with Crippen LogP contribution in [-0.2, 0) is 6.54 Å². The van der Waals surface area contributed by atoms with Crippen LogP contribution in [0.15, 0.2) is 55.0 Å². The number of fused-ring (bicyclic) bond motifs is 1. The molecule has 1 atom stereocenters. The van der Waals surface area contributed by atoms with Gasteiger partial charge in [-0.3, -0.25) is 0 Å². The molecule has 1 unspecified atom stereocenters. The van der Waals surface area contributed by atoms with Crippen molar-refractivity contribution in [2.75, 3.05) is 7.11 Å². The third-order valence-electron chi connectivity index (χ3n) is 5.79. The molecule has 0 radical (unpaired) electrons. The fourth-order valence-corrected chi connectivity index (χ4v) is 4.23. The number of nitrogens with zero attached hydrogens (tertiary/aromatic N) is 5. The lowest BCUT2D eigenvalue weighted by atomic mass is 9.91. The lowest BCUT2D eigenvalue weighted by molar-refractivity contribution is 0.413. The second-order valence-electron chi connectivity index (χ2n) is 7.95. The number of aryl methyl sites for hydroxylation is 2. The summed E-state index contributed by atoms with van der Waals surface area (Å²) >= 11 is 0. The Balaban J connectivity index is 1.42. The van der Waals surface area contributed by atoms with Gasteiger partial charge in [-0.05, 0) is 55.2 Å². The number of imidazole rings is 1. The van der Waals surface area contributed by atoms with E-state index in [0.29, 0.717) is 11.4 Å². The Bertz CT molecular complexity index is 1290. The van der Waals surface area contributed by atoms with Crippen molar-refractivity contribution in [3.05, 3.63) is 89.3 Å². The molecule has 2 aromatic carbocycles. The van der Waals surface area contributed by atoms with Crippen LogP contribution in [0.4, 0.5) is 4.39 Å². The average Bonchev–Trinajstić information content (AvgIpc) is 3.43. The molecule has 7 heteroatoms. The number of rotatable bonds is 5. The molecular weight excluding hydrogens is 405 g/mol. The lowest BCUT2D eigenvalue weighted by Crippen LogP contribution is -2.18. The highest BCUT2D eigenvalue weighted by Gasteiger charge is 2.27. The van der Waals surface area contributed by atoms with Gasteiger partial charge in [0.05, 0.1) is 24.8 Å². The molecule has 1 aliphatic rings. The first-order valence-corrected chi connectivity index (χ1v) is 10.7.